The molecule has 0 unspecified atom stereocenters. The van der Waals surface area contributed by atoms with Crippen molar-refractivity contribution >= 4 is 0 Å². The van der Waals surface area contributed by atoms with Crippen LogP contribution in [0, 0.1) is 0 Å². The van der Waals surface area contributed by atoms with Gasteiger partial charge >= 0.3 is 0 Å². The van der Waals surface area contributed by atoms with Gasteiger partial charge in [-0.25, -0.2) is 0 Å². The first kappa shape index (κ1) is 14.9. The minimum Gasteiger partial charge on any atom is -0.392 e. The summed E-state index contributed by atoms with van der Waals surface area (Å²) in [5.41, 5.74) is 4.20. The van der Waals surface area contributed by atoms with Gasteiger partial charge in [-0.3, -0.25) is 5.10 Å². The summed E-state index contributed by atoms with van der Waals surface area (Å²) in [6, 6.07) is 8.32. The number of hydrogen-bond donors (Lipinski definition) is 2. The minimum atomic E-state index is -0.313. The van der Waals surface area contributed by atoms with E-state index in [-0.39, 0.29) is 12.4 Å². The quantitative estimate of drug-likeness (QED) is 0.914. The van der Waals surface area contributed by atoms with E-state index in [1.54, 1.807) is 6.20 Å². The number of nitrogens with zero attached hydrogens (tertiary/aromatic N) is 1. The SMILES string of the molecule is OCc1cc(C2CCC3(CC2)OCCO3)ccc1-c1ccn[nH]1. The Morgan fingerprint density at radius 2 is 1.96 bits per heavy atom. The van der Waals surface area contributed by atoms with E-state index >= 15 is 0 Å². The van der Waals surface area contributed by atoms with Gasteiger partial charge in [0.2, 0.25) is 0 Å². The van der Waals surface area contributed by atoms with Crippen molar-refractivity contribution in [2.75, 3.05) is 13.2 Å². The molecule has 0 atom stereocenters. The monoisotopic (exact) mass is 314 g/mol. The van der Waals surface area contributed by atoms with Gasteiger partial charge in [-0.1, -0.05) is 18.2 Å². The van der Waals surface area contributed by atoms with Crippen molar-refractivity contribution in [3.05, 3.63) is 41.6 Å². The Labute approximate surface area is 135 Å². The number of aliphatic hydroxyl groups excluding tert-OH is 1. The Hall–Kier alpha value is -1.69. The molecule has 0 amide bonds. The Kier molecular flexibility index (Phi) is 3.93. The maximum Gasteiger partial charge on any atom is 0.168 e. The standard InChI is InChI=1S/C18H22N2O3/c21-12-15-11-14(1-2-16(15)17-5-8-19-20-17)13-3-6-18(7-4-13)22-9-10-23-18/h1-2,5,8,11,13,21H,3-4,6-7,9-10,12H2,(H,19,20). The first-order chi connectivity index (χ1) is 11.3. The predicted molar refractivity (Wildman–Crippen MR) is 85.8 cm³/mol. The van der Waals surface area contributed by atoms with Gasteiger partial charge in [-0.05, 0) is 36.0 Å². The Morgan fingerprint density at radius 1 is 1.17 bits per heavy atom. The molecule has 2 aliphatic rings. The summed E-state index contributed by atoms with van der Waals surface area (Å²) in [4.78, 5) is 0. The van der Waals surface area contributed by atoms with Crippen molar-refractivity contribution in [1.82, 2.24) is 10.2 Å². The summed E-state index contributed by atoms with van der Waals surface area (Å²) in [5, 5.41) is 16.7. The van der Waals surface area contributed by atoms with E-state index in [4.69, 9.17) is 9.47 Å². The van der Waals surface area contributed by atoms with Gasteiger partial charge < -0.3 is 14.6 Å². The van der Waals surface area contributed by atoms with Crippen LogP contribution in [0.1, 0.15) is 42.7 Å². The molecule has 0 radical (unpaired) electrons. The number of H-pyrrole nitrogens is 1. The first-order valence-electron chi connectivity index (χ1n) is 8.31. The number of benzene rings is 1. The van der Waals surface area contributed by atoms with Crippen LogP contribution in [0.25, 0.3) is 11.3 Å². The van der Waals surface area contributed by atoms with Gasteiger partial charge in [0.1, 0.15) is 0 Å². The third kappa shape index (κ3) is 2.80. The average molecular weight is 314 g/mol. The molecule has 1 spiro atoms. The van der Waals surface area contributed by atoms with Crippen LogP contribution in [-0.2, 0) is 16.1 Å². The zero-order valence-electron chi connectivity index (χ0n) is 13.1. The molecule has 4 rings (SSSR count). The maximum absolute atomic E-state index is 9.73. The Morgan fingerprint density at radius 3 is 2.61 bits per heavy atom. The summed E-state index contributed by atoms with van der Waals surface area (Å²) < 4.78 is 11.6. The number of hydrogen-bond acceptors (Lipinski definition) is 4. The number of aromatic amines is 1. The fourth-order valence-electron chi connectivity index (χ4n) is 3.84. The third-order valence-corrected chi connectivity index (χ3v) is 5.12. The second-order valence-electron chi connectivity index (χ2n) is 6.43. The van der Waals surface area contributed by atoms with Crippen molar-refractivity contribution in [2.45, 2.75) is 44.0 Å². The van der Waals surface area contributed by atoms with E-state index in [2.05, 4.69) is 28.4 Å². The minimum absolute atomic E-state index is 0.0328. The fraction of sp³-hybridized carbons (Fsp3) is 0.500. The molecule has 2 N–H and O–H groups in total. The van der Waals surface area contributed by atoms with Crippen molar-refractivity contribution in [1.29, 1.82) is 0 Å². The molecule has 1 aliphatic heterocycles. The highest BCUT2D eigenvalue weighted by Crippen LogP contribution is 2.42. The van der Waals surface area contributed by atoms with E-state index < -0.39 is 0 Å². The smallest absolute Gasteiger partial charge is 0.168 e. The maximum atomic E-state index is 9.73. The molecule has 1 aromatic heterocycles. The van der Waals surface area contributed by atoms with Crippen LogP contribution >= 0.6 is 0 Å². The summed E-state index contributed by atoms with van der Waals surface area (Å²) >= 11 is 0. The van der Waals surface area contributed by atoms with Gasteiger partial charge in [0, 0.05) is 24.6 Å². The van der Waals surface area contributed by atoms with Crippen LogP contribution in [0.5, 0.6) is 0 Å². The van der Waals surface area contributed by atoms with Gasteiger partial charge in [0.15, 0.2) is 5.79 Å². The number of aromatic nitrogens is 2. The van der Waals surface area contributed by atoms with Crippen molar-refractivity contribution in [2.24, 2.45) is 0 Å². The topological polar surface area (TPSA) is 67.4 Å². The van der Waals surface area contributed by atoms with Crippen molar-refractivity contribution in [3.63, 3.8) is 0 Å². The molecule has 1 saturated carbocycles. The third-order valence-electron chi connectivity index (χ3n) is 5.12. The molecule has 1 aromatic carbocycles. The summed E-state index contributed by atoms with van der Waals surface area (Å²) in [5.74, 6) is 0.196. The van der Waals surface area contributed by atoms with Crippen molar-refractivity contribution < 1.29 is 14.6 Å². The summed E-state index contributed by atoms with van der Waals surface area (Å²) in [7, 11) is 0. The van der Waals surface area contributed by atoms with Crippen LogP contribution in [0.2, 0.25) is 0 Å². The van der Waals surface area contributed by atoms with Crippen molar-refractivity contribution in [3.8, 4) is 11.3 Å². The molecule has 2 aromatic rings. The predicted octanol–water partition coefficient (Wildman–Crippen LogP) is 2.97. The Bertz CT molecular complexity index is 653. The van der Waals surface area contributed by atoms with Crippen LogP contribution in [0.15, 0.2) is 30.5 Å². The van der Waals surface area contributed by atoms with Gasteiger partial charge in [-0.2, -0.15) is 5.10 Å². The lowest BCUT2D eigenvalue weighted by Crippen LogP contribution is -2.34. The van der Waals surface area contributed by atoms with Crippen LogP contribution in [-0.4, -0.2) is 34.3 Å². The van der Waals surface area contributed by atoms with Crippen LogP contribution in [0.4, 0.5) is 0 Å². The lowest BCUT2D eigenvalue weighted by Gasteiger charge is -2.35. The van der Waals surface area contributed by atoms with E-state index in [1.807, 2.05) is 6.07 Å². The van der Waals surface area contributed by atoms with Gasteiger partial charge in [0.05, 0.1) is 25.5 Å². The fourth-order valence-corrected chi connectivity index (χ4v) is 3.84. The molecule has 2 fully saturated rings. The number of aliphatic hydroxyl groups is 1. The molecule has 23 heavy (non-hydrogen) atoms. The van der Waals surface area contributed by atoms with Crippen LogP contribution in [0.3, 0.4) is 0 Å². The second-order valence-corrected chi connectivity index (χ2v) is 6.43. The molecule has 1 aliphatic carbocycles. The number of nitrogens with one attached hydrogen (secondary N) is 1. The van der Waals surface area contributed by atoms with E-state index in [1.165, 1.54) is 5.56 Å². The molecule has 0 bridgehead atoms. The summed E-state index contributed by atoms with van der Waals surface area (Å²) in [6.07, 6.45) is 5.76. The van der Waals surface area contributed by atoms with E-state index in [0.717, 1.165) is 55.7 Å². The number of rotatable bonds is 3. The van der Waals surface area contributed by atoms with E-state index in [0.29, 0.717) is 5.92 Å². The highest BCUT2D eigenvalue weighted by Gasteiger charge is 2.40. The van der Waals surface area contributed by atoms with Crippen LogP contribution < -0.4 is 0 Å². The van der Waals surface area contributed by atoms with E-state index in [9.17, 15) is 5.11 Å². The lowest BCUT2D eigenvalue weighted by molar-refractivity contribution is -0.178. The zero-order chi connectivity index (χ0) is 15.7. The molecule has 1 saturated heterocycles. The average Bonchev–Trinajstić information content (AvgIpc) is 3.27. The Balaban J connectivity index is 1.54. The molecule has 5 heteroatoms. The normalized spacial score (nSPS) is 21.1. The molecular formula is C18H22N2O3. The van der Waals surface area contributed by atoms with Gasteiger partial charge in [-0.15, -0.1) is 0 Å². The number of ether oxygens (including phenoxy) is 2. The molecule has 2 heterocycles. The highest BCUT2D eigenvalue weighted by atomic mass is 16.7. The molecule has 122 valence electrons. The lowest BCUT2D eigenvalue weighted by atomic mass is 9.80. The van der Waals surface area contributed by atoms with Gasteiger partial charge in [0.25, 0.3) is 0 Å². The molecular weight excluding hydrogens is 292 g/mol. The first-order valence-corrected chi connectivity index (χ1v) is 8.31. The second kappa shape index (κ2) is 6.07. The summed E-state index contributed by atoms with van der Waals surface area (Å²) in [6.45, 7) is 1.47. The highest BCUT2D eigenvalue weighted by molar-refractivity contribution is 5.64. The molecule has 5 nitrogen and oxygen atoms in total. The largest absolute Gasteiger partial charge is 0.392 e. The zero-order valence-corrected chi connectivity index (χ0v) is 13.1.